The first-order valence-electron chi connectivity index (χ1n) is 6.29. The van der Waals surface area contributed by atoms with E-state index in [2.05, 4.69) is 22.3 Å². The Hall–Kier alpha value is -2.56. The SMILES string of the molecule is NC(=S)Nc1ccc(F)c(F)c1Oc1c(F)cc(C(F)(F)F)cc1F. The fourth-order valence-electron chi connectivity index (χ4n) is 1.79. The smallest absolute Gasteiger partial charge is 0.416 e. The molecular formula is C14H7F7N2OS. The summed E-state index contributed by atoms with van der Waals surface area (Å²) >= 11 is 4.51. The van der Waals surface area contributed by atoms with E-state index < -0.39 is 51.6 Å². The maximum absolute atomic E-state index is 13.9. The van der Waals surface area contributed by atoms with E-state index in [9.17, 15) is 30.7 Å². The molecule has 0 saturated carbocycles. The van der Waals surface area contributed by atoms with Gasteiger partial charge in [0.05, 0.1) is 11.3 Å². The topological polar surface area (TPSA) is 47.3 Å². The van der Waals surface area contributed by atoms with Crippen LogP contribution in [0.4, 0.5) is 36.4 Å². The second kappa shape index (κ2) is 6.75. The van der Waals surface area contributed by atoms with E-state index in [-0.39, 0.29) is 17.8 Å². The molecule has 0 radical (unpaired) electrons. The maximum Gasteiger partial charge on any atom is 0.416 e. The fourth-order valence-corrected chi connectivity index (χ4v) is 1.90. The van der Waals surface area contributed by atoms with Gasteiger partial charge in [-0.1, -0.05) is 0 Å². The van der Waals surface area contributed by atoms with E-state index in [1.807, 2.05) is 0 Å². The summed E-state index contributed by atoms with van der Waals surface area (Å²) in [6.07, 6.45) is -5.01. The molecule has 25 heavy (non-hydrogen) atoms. The lowest BCUT2D eigenvalue weighted by molar-refractivity contribution is -0.138. The van der Waals surface area contributed by atoms with Crippen LogP contribution in [0.1, 0.15) is 5.56 Å². The van der Waals surface area contributed by atoms with Crippen LogP contribution in [-0.2, 0) is 6.18 Å². The van der Waals surface area contributed by atoms with Crippen LogP contribution in [-0.4, -0.2) is 5.11 Å². The van der Waals surface area contributed by atoms with Crippen LogP contribution in [0.5, 0.6) is 11.5 Å². The van der Waals surface area contributed by atoms with Crippen molar-refractivity contribution in [1.29, 1.82) is 0 Å². The van der Waals surface area contributed by atoms with Crippen molar-refractivity contribution in [3.8, 4) is 11.5 Å². The molecule has 2 aromatic carbocycles. The van der Waals surface area contributed by atoms with E-state index in [0.717, 1.165) is 6.07 Å². The molecule has 2 aromatic rings. The average molecular weight is 384 g/mol. The highest BCUT2D eigenvalue weighted by Crippen LogP contribution is 2.38. The highest BCUT2D eigenvalue weighted by molar-refractivity contribution is 7.80. The zero-order chi connectivity index (χ0) is 18.9. The van der Waals surface area contributed by atoms with Crippen molar-refractivity contribution < 1.29 is 35.5 Å². The van der Waals surface area contributed by atoms with Crippen molar-refractivity contribution in [2.24, 2.45) is 5.73 Å². The number of halogens is 7. The van der Waals surface area contributed by atoms with Gasteiger partial charge in [-0.25, -0.2) is 13.2 Å². The molecule has 0 heterocycles. The summed E-state index contributed by atoms with van der Waals surface area (Å²) in [5, 5.41) is 1.79. The second-order valence-corrected chi connectivity index (χ2v) is 5.04. The molecular weight excluding hydrogens is 377 g/mol. The molecule has 0 aromatic heterocycles. The number of rotatable bonds is 3. The minimum Gasteiger partial charge on any atom is -0.446 e. The Morgan fingerprint density at radius 1 is 0.960 bits per heavy atom. The number of benzene rings is 2. The number of hydrogen-bond donors (Lipinski definition) is 2. The van der Waals surface area contributed by atoms with E-state index in [4.69, 9.17) is 5.73 Å². The van der Waals surface area contributed by atoms with Crippen molar-refractivity contribution in [3.05, 3.63) is 53.1 Å². The lowest BCUT2D eigenvalue weighted by Crippen LogP contribution is -2.19. The second-order valence-electron chi connectivity index (χ2n) is 4.60. The number of nitrogens with two attached hydrogens (primary N) is 1. The monoisotopic (exact) mass is 384 g/mol. The molecule has 0 saturated heterocycles. The quantitative estimate of drug-likeness (QED) is 0.595. The highest BCUT2D eigenvalue weighted by atomic mass is 32.1. The minimum atomic E-state index is -5.01. The molecule has 0 aliphatic heterocycles. The van der Waals surface area contributed by atoms with Crippen LogP contribution < -0.4 is 15.8 Å². The zero-order valence-corrected chi connectivity index (χ0v) is 12.7. The molecule has 0 amide bonds. The molecule has 0 aliphatic rings. The van der Waals surface area contributed by atoms with E-state index in [1.54, 1.807) is 0 Å². The third kappa shape index (κ3) is 4.10. The largest absolute Gasteiger partial charge is 0.446 e. The van der Waals surface area contributed by atoms with Gasteiger partial charge in [-0.3, -0.25) is 0 Å². The molecule has 3 N–H and O–H groups in total. The van der Waals surface area contributed by atoms with Gasteiger partial charge in [0.1, 0.15) is 0 Å². The zero-order valence-electron chi connectivity index (χ0n) is 11.8. The number of ether oxygens (including phenoxy) is 1. The number of anilines is 1. The van der Waals surface area contributed by atoms with Crippen molar-refractivity contribution in [3.63, 3.8) is 0 Å². The minimum absolute atomic E-state index is 0.0454. The third-order valence-electron chi connectivity index (χ3n) is 2.84. The normalized spacial score (nSPS) is 11.3. The third-order valence-corrected chi connectivity index (χ3v) is 2.94. The molecule has 134 valence electrons. The molecule has 11 heteroatoms. The highest BCUT2D eigenvalue weighted by Gasteiger charge is 2.33. The molecule has 2 rings (SSSR count). The molecule has 0 bridgehead atoms. The van der Waals surface area contributed by atoms with Crippen molar-refractivity contribution in [1.82, 2.24) is 0 Å². The van der Waals surface area contributed by atoms with E-state index in [0.29, 0.717) is 6.07 Å². The Bertz CT molecular complexity index is 816. The summed E-state index contributed by atoms with van der Waals surface area (Å²) < 4.78 is 97.0. The first kappa shape index (κ1) is 18.8. The Balaban J connectivity index is 2.53. The fraction of sp³-hybridized carbons (Fsp3) is 0.0714. The van der Waals surface area contributed by atoms with Crippen molar-refractivity contribution in [2.75, 3.05) is 5.32 Å². The van der Waals surface area contributed by atoms with Crippen molar-refractivity contribution >= 4 is 23.0 Å². The maximum atomic E-state index is 13.9. The van der Waals surface area contributed by atoms with Gasteiger partial charge in [0.25, 0.3) is 0 Å². The first-order valence-corrected chi connectivity index (χ1v) is 6.70. The molecule has 0 unspecified atom stereocenters. The summed E-state index contributed by atoms with van der Waals surface area (Å²) in [7, 11) is 0. The van der Waals surface area contributed by atoms with Crippen LogP contribution in [0, 0.1) is 23.3 Å². The number of alkyl halides is 3. The number of hydrogen-bond acceptors (Lipinski definition) is 2. The van der Waals surface area contributed by atoms with Crippen LogP contribution in [0.2, 0.25) is 0 Å². The summed E-state index contributed by atoms with van der Waals surface area (Å²) in [6.45, 7) is 0. The van der Waals surface area contributed by atoms with Gasteiger partial charge < -0.3 is 15.8 Å². The van der Waals surface area contributed by atoms with Crippen LogP contribution >= 0.6 is 12.2 Å². The Kier molecular flexibility index (Phi) is 5.07. The predicted molar refractivity (Wildman–Crippen MR) is 78.2 cm³/mol. The Morgan fingerprint density at radius 3 is 2.00 bits per heavy atom. The van der Waals surface area contributed by atoms with Gasteiger partial charge in [-0.05, 0) is 36.5 Å². The molecule has 0 atom stereocenters. The lowest BCUT2D eigenvalue weighted by atomic mass is 10.2. The summed E-state index contributed by atoms with van der Waals surface area (Å²) in [5.41, 5.74) is 3.18. The number of thiocarbonyl (C=S) groups is 1. The van der Waals surface area contributed by atoms with Gasteiger partial charge in [0, 0.05) is 0 Å². The van der Waals surface area contributed by atoms with Gasteiger partial charge >= 0.3 is 6.18 Å². The summed E-state index contributed by atoms with van der Waals surface area (Å²) in [4.78, 5) is 0. The molecule has 0 aliphatic carbocycles. The predicted octanol–water partition coefficient (Wildman–Crippen LogP) is 4.71. The van der Waals surface area contributed by atoms with Gasteiger partial charge in [-0.2, -0.15) is 17.6 Å². The van der Waals surface area contributed by atoms with Gasteiger partial charge in [0.15, 0.2) is 34.1 Å². The first-order chi connectivity index (χ1) is 11.5. The van der Waals surface area contributed by atoms with Crippen molar-refractivity contribution in [2.45, 2.75) is 6.18 Å². The number of nitrogens with one attached hydrogen (secondary N) is 1. The molecule has 3 nitrogen and oxygen atoms in total. The molecule has 0 spiro atoms. The average Bonchev–Trinajstić information content (AvgIpc) is 2.47. The summed E-state index contributed by atoms with van der Waals surface area (Å²) in [6, 6.07) is 1.47. The van der Waals surface area contributed by atoms with Crippen LogP contribution in [0.15, 0.2) is 24.3 Å². The van der Waals surface area contributed by atoms with Crippen LogP contribution in [0.25, 0.3) is 0 Å². The van der Waals surface area contributed by atoms with Crippen LogP contribution in [0.3, 0.4) is 0 Å². The van der Waals surface area contributed by atoms with E-state index >= 15 is 0 Å². The standard InChI is InChI=1S/C14H7F7N2OS/c15-6-1-2-9(23-13(22)25)12(10(6)18)24-11-7(16)3-5(4-8(11)17)14(19,20)21/h1-4H,(H3,22,23,25). The van der Waals surface area contributed by atoms with Gasteiger partial charge in [0.2, 0.25) is 5.82 Å². The Morgan fingerprint density at radius 2 is 1.52 bits per heavy atom. The lowest BCUT2D eigenvalue weighted by Gasteiger charge is -2.15. The Labute approximate surface area is 141 Å². The van der Waals surface area contributed by atoms with E-state index in [1.165, 1.54) is 0 Å². The molecule has 0 fully saturated rings. The summed E-state index contributed by atoms with van der Waals surface area (Å²) in [5.74, 6) is -9.01. The van der Waals surface area contributed by atoms with Gasteiger partial charge in [-0.15, -0.1) is 0 Å².